The Bertz CT molecular complexity index is 797. The van der Waals surface area contributed by atoms with Gasteiger partial charge in [-0.3, -0.25) is 4.79 Å². The highest BCUT2D eigenvalue weighted by atomic mass is 32.1. The zero-order valence-corrected chi connectivity index (χ0v) is 17.3. The van der Waals surface area contributed by atoms with Gasteiger partial charge in [0.1, 0.15) is 0 Å². The van der Waals surface area contributed by atoms with Crippen molar-refractivity contribution in [2.45, 2.75) is 26.8 Å². The molecule has 1 fully saturated rings. The van der Waals surface area contributed by atoms with Crippen LogP contribution in [-0.2, 0) is 11.3 Å². The number of nitrogens with two attached hydrogens (primary N) is 1. The maximum Gasteiger partial charge on any atom is 0.224 e. The monoisotopic (exact) mass is 400 g/mol. The number of carbonyl (C=O) groups excluding carboxylic acids is 1. The number of guanidine groups is 1. The Balaban J connectivity index is 1.52. The maximum absolute atomic E-state index is 11.9. The summed E-state index contributed by atoms with van der Waals surface area (Å²) in [6, 6.07) is 7.77. The summed E-state index contributed by atoms with van der Waals surface area (Å²) >= 11 is 1.66. The largest absolute Gasteiger partial charge is 0.370 e. The van der Waals surface area contributed by atoms with Crippen LogP contribution in [0, 0.1) is 5.92 Å². The number of aromatic nitrogens is 1. The van der Waals surface area contributed by atoms with Crippen molar-refractivity contribution in [2.75, 3.05) is 36.4 Å². The predicted octanol–water partition coefficient (Wildman–Crippen LogP) is 2.76. The number of rotatable bonds is 6. The molecule has 1 saturated heterocycles. The van der Waals surface area contributed by atoms with Crippen molar-refractivity contribution >= 4 is 34.0 Å². The Kier molecular flexibility index (Phi) is 6.86. The number of piperazine rings is 1. The van der Waals surface area contributed by atoms with Crippen molar-refractivity contribution in [3.8, 4) is 0 Å². The van der Waals surface area contributed by atoms with Gasteiger partial charge < -0.3 is 20.9 Å². The van der Waals surface area contributed by atoms with Crippen LogP contribution >= 0.6 is 11.3 Å². The van der Waals surface area contributed by atoms with Gasteiger partial charge in [0.15, 0.2) is 11.1 Å². The van der Waals surface area contributed by atoms with Crippen LogP contribution in [0.4, 0.5) is 10.8 Å². The average molecular weight is 401 g/mol. The lowest BCUT2D eigenvalue weighted by Gasteiger charge is -2.35. The summed E-state index contributed by atoms with van der Waals surface area (Å²) in [6.45, 7) is 8.00. The Labute approximate surface area is 170 Å². The highest BCUT2D eigenvalue weighted by Crippen LogP contribution is 2.19. The molecule has 2 aromatic rings. The first-order valence-electron chi connectivity index (χ1n) is 9.59. The first-order chi connectivity index (χ1) is 13.5. The molecule has 1 aliphatic rings. The van der Waals surface area contributed by atoms with Crippen molar-refractivity contribution in [3.05, 3.63) is 41.4 Å². The molecule has 0 aliphatic carbocycles. The van der Waals surface area contributed by atoms with Gasteiger partial charge >= 0.3 is 0 Å². The van der Waals surface area contributed by atoms with E-state index < -0.39 is 0 Å². The summed E-state index contributed by atoms with van der Waals surface area (Å²) in [5, 5.41) is 6.00. The van der Waals surface area contributed by atoms with E-state index in [-0.39, 0.29) is 5.91 Å². The molecule has 8 heteroatoms. The number of nitrogens with one attached hydrogen (secondary N) is 1. The third kappa shape index (κ3) is 5.69. The first kappa shape index (κ1) is 20.1. The van der Waals surface area contributed by atoms with E-state index in [0.29, 0.717) is 24.8 Å². The number of anilines is 2. The van der Waals surface area contributed by atoms with Crippen molar-refractivity contribution in [1.82, 2.24) is 9.88 Å². The highest BCUT2D eigenvalue weighted by molar-refractivity contribution is 7.13. The number of amides is 1. The third-order valence-electron chi connectivity index (χ3n) is 4.52. The van der Waals surface area contributed by atoms with Gasteiger partial charge in [0.25, 0.3) is 0 Å². The summed E-state index contributed by atoms with van der Waals surface area (Å²) in [6.07, 6.45) is 2.35. The molecule has 0 atom stereocenters. The minimum absolute atomic E-state index is 0.0354. The van der Waals surface area contributed by atoms with Gasteiger partial charge in [0.2, 0.25) is 5.91 Å². The van der Waals surface area contributed by atoms with Crippen LogP contribution in [0.15, 0.2) is 40.8 Å². The fourth-order valence-corrected chi connectivity index (χ4v) is 3.80. The third-order valence-corrected chi connectivity index (χ3v) is 5.35. The van der Waals surface area contributed by atoms with Crippen molar-refractivity contribution in [3.63, 3.8) is 0 Å². The normalized spacial score (nSPS) is 15.2. The molecule has 0 saturated carbocycles. The number of hydrogen-bond donors (Lipinski definition) is 2. The highest BCUT2D eigenvalue weighted by Gasteiger charge is 2.19. The summed E-state index contributed by atoms with van der Waals surface area (Å²) in [5.41, 5.74) is 8.03. The zero-order chi connectivity index (χ0) is 19.9. The van der Waals surface area contributed by atoms with Crippen molar-refractivity contribution in [2.24, 2.45) is 16.6 Å². The Morgan fingerprint density at radius 3 is 2.79 bits per heavy atom. The van der Waals surface area contributed by atoms with Gasteiger partial charge in [-0.05, 0) is 23.6 Å². The van der Waals surface area contributed by atoms with E-state index in [4.69, 9.17) is 5.73 Å². The molecule has 1 amide bonds. The standard InChI is InChI=1S/C20H28N6OS/c1-15(2)12-18(27)24-17-5-3-4-16(13-17)14-23-19(21)25-7-9-26(10-8-25)20-22-6-11-28-20/h3-6,11,13,15H,7-10,12,14H2,1-2H3,(H2,21,23)(H,24,27). The van der Waals surface area contributed by atoms with E-state index in [1.165, 1.54) is 0 Å². The summed E-state index contributed by atoms with van der Waals surface area (Å²) < 4.78 is 0. The molecule has 28 heavy (non-hydrogen) atoms. The molecule has 3 N–H and O–H groups in total. The van der Waals surface area contributed by atoms with Crippen molar-refractivity contribution < 1.29 is 4.79 Å². The molecule has 1 aromatic carbocycles. The molecule has 3 rings (SSSR count). The van der Waals surface area contributed by atoms with Gasteiger partial charge in [0.05, 0.1) is 6.54 Å². The van der Waals surface area contributed by atoms with Crippen LogP contribution in [0.2, 0.25) is 0 Å². The van der Waals surface area contributed by atoms with Gasteiger partial charge in [-0.25, -0.2) is 9.98 Å². The first-order valence-corrected chi connectivity index (χ1v) is 10.5. The second-order valence-corrected chi connectivity index (χ2v) is 8.18. The lowest BCUT2D eigenvalue weighted by molar-refractivity contribution is -0.116. The molecule has 2 heterocycles. The number of aliphatic imine (C=N–C) groups is 1. The second-order valence-electron chi connectivity index (χ2n) is 7.31. The molecule has 150 valence electrons. The van der Waals surface area contributed by atoms with Gasteiger partial charge in [-0.1, -0.05) is 26.0 Å². The van der Waals surface area contributed by atoms with Gasteiger partial charge in [-0.2, -0.15) is 0 Å². The smallest absolute Gasteiger partial charge is 0.224 e. The molecular weight excluding hydrogens is 372 g/mol. The number of nitrogens with zero attached hydrogens (tertiary/aromatic N) is 4. The van der Waals surface area contributed by atoms with Crippen molar-refractivity contribution in [1.29, 1.82) is 0 Å². The minimum Gasteiger partial charge on any atom is -0.370 e. The van der Waals surface area contributed by atoms with Gasteiger partial charge in [0, 0.05) is 49.9 Å². The second kappa shape index (κ2) is 9.54. The molecule has 1 aliphatic heterocycles. The molecule has 0 bridgehead atoms. The summed E-state index contributed by atoms with van der Waals surface area (Å²) in [5.74, 6) is 0.935. The molecular formula is C20H28N6OS. The molecule has 1 aromatic heterocycles. The number of thiazole rings is 1. The van der Waals surface area contributed by atoms with Crippen LogP contribution in [0.1, 0.15) is 25.8 Å². The number of benzene rings is 1. The van der Waals surface area contributed by atoms with E-state index in [9.17, 15) is 4.79 Å². The molecule has 7 nitrogen and oxygen atoms in total. The van der Waals surface area contributed by atoms with Gasteiger partial charge in [-0.15, -0.1) is 11.3 Å². The fourth-order valence-electron chi connectivity index (χ4n) is 3.10. The van der Waals surface area contributed by atoms with Crippen LogP contribution in [0.25, 0.3) is 0 Å². The van der Waals surface area contributed by atoms with E-state index in [2.05, 4.69) is 25.1 Å². The zero-order valence-electron chi connectivity index (χ0n) is 16.5. The summed E-state index contributed by atoms with van der Waals surface area (Å²) in [4.78, 5) is 25.2. The lowest BCUT2D eigenvalue weighted by Crippen LogP contribution is -2.51. The minimum atomic E-state index is 0.0354. The Morgan fingerprint density at radius 1 is 1.32 bits per heavy atom. The molecule has 0 radical (unpaired) electrons. The van der Waals surface area contributed by atoms with E-state index >= 15 is 0 Å². The van der Waals surface area contributed by atoms with E-state index in [0.717, 1.165) is 42.6 Å². The summed E-state index contributed by atoms with van der Waals surface area (Å²) in [7, 11) is 0. The maximum atomic E-state index is 11.9. The lowest BCUT2D eigenvalue weighted by atomic mass is 10.1. The molecule has 0 unspecified atom stereocenters. The van der Waals surface area contributed by atoms with Crippen LogP contribution in [0.5, 0.6) is 0 Å². The fraction of sp³-hybridized carbons (Fsp3) is 0.450. The topological polar surface area (TPSA) is 86.8 Å². The number of carbonyl (C=O) groups is 1. The quantitative estimate of drug-likeness (QED) is 0.575. The van der Waals surface area contributed by atoms with Crippen LogP contribution in [0.3, 0.4) is 0 Å². The van der Waals surface area contributed by atoms with Crippen LogP contribution in [-0.4, -0.2) is 47.9 Å². The Hall–Kier alpha value is -2.61. The SMILES string of the molecule is CC(C)CC(=O)Nc1cccc(CN=C(N)N2CCN(c3nccs3)CC2)c1. The van der Waals surface area contributed by atoms with E-state index in [1.54, 1.807) is 11.3 Å². The van der Waals surface area contributed by atoms with E-state index in [1.807, 2.05) is 49.7 Å². The van der Waals surface area contributed by atoms with Crippen LogP contribution < -0.4 is 16.0 Å². The predicted molar refractivity (Wildman–Crippen MR) is 116 cm³/mol. The molecule has 0 spiro atoms. The number of hydrogen-bond acceptors (Lipinski definition) is 5. The Morgan fingerprint density at radius 2 is 2.11 bits per heavy atom. The average Bonchev–Trinajstić information content (AvgIpc) is 3.20.